The van der Waals surface area contributed by atoms with Gasteiger partial charge in [-0.1, -0.05) is 49.7 Å². The van der Waals surface area contributed by atoms with Gasteiger partial charge in [-0.2, -0.15) is 0 Å². The number of hydrogen-bond donors (Lipinski definition) is 1. The molecule has 4 nitrogen and oxygen atoms in total. The Balaban J connectivity index is 1.73. The molecule has 3 rings (SSSR count). The first-order valence-corrected chi connectivity index (χ1v) is 7.85. The van der Waals surface area contributed by atoms with Crippen LogP contribution in [0.5, 0.6) is 0 Å². The molecule has 0 saturated heterocycles. The first-order valence-electron chi connectivity index (χ1n) is 7.85. The Morgan fingerprint density at radius 2 is 1.87 bits per heavy atom. The number of anilines is 1. The molecule has 0 fully saturated rings. The van der Waals surface area contributed by atoms with E-state index in [0.29, 0.717) is 24.2 Å². The van der Waals surface area contributed by atoms with Gasteiger partial charge in [-0.3, -0.25) is 0 Å². The van der Waals surface area contributed by atoms with Gasteiger partial charge in [0.05, 0.1) is 6.54 Å². The molecule has 0 aliphatic heterocycles. The molecular formula is C19H21N3O. The SMILES string of the molecule is Cc1cccc(-c2nnc(CNc3ccccc3C(C)C)o2)c1. The normalized spacial score (nSPS) is 11.0. The van der Waals surface area contributed by atoms with Crippen LogP contribution in [0.4, 0.5) is 5.69 Å². The fourth-order valence-corrected chi connectivity index (χ4v) is 2.55. The third-order valence-electron chi connectivity index (χ3n) is 3.74. The largest absolute Gasteiger partial charge is 0.419 e. The van der Waals surface area contributed by atoms with Crippen molar-refractivity contribution in [1.29, 1.82) is 0 Å². The van der Waals surface area contributed by atoms with E-state index in [1.54, 1.807) is 0 Å². The molecule has 0 spiro atoms. The molecule has 23 heavy (non-hydrogen) atoms. The highest BCUT2D eigenvalue weighted by Crippen LogP contribution is 2.24. The molecule has 0 atom stereocenters. The lowest BCUT2D eigenvalue weighted by molar-refractivity contribution is 0.515. The maximum Gasteiger partial charge on any atom is 0.247 e. The van der Waals surface area contributed by atoms with Crippen LogP contribution in [0, 0.1) is 6.92 Å². The van der Waals surface area contributed by atoms with Crippen LogP contribution in [0.1, 0.15) is 36.8 Å². The van der Waals surface area contributed by atoms with E-state index in [0.717, 1.165) is 11.3 Å². The minimum Gasteiger partial charge on any atom is -0.419 e. The van der Waals surface area contributed by atoms with Crippen molar-refractivity contribution >= 4 is 5.69 Å². The second-order valence-corrected chi connectivity index (χ2v) is 5.97. The lowest BCUT2D eigenvalue weighted by atomic mass is 10.0. The topological polar surface area (TPSA) is 51.0 Å². The summed E-state index contributed by atoms with van der Waals surface area (Å²) < 4.78 is 5.76. The molecule has 0 unspecified atom stereocenters. The van der Waals surface area contributed by atoms with Crippen LogP contribution in [-0.4, -0.2) is 10.2 Å². The molecule has 118 valence electrons. The molecule has 0 saturated carbocycles. The van der Waals surface area contributed by atoms with Crippen LogP contribution in [0.3, 0.4) is 0 Å². The van der Waals surface area contributed by atoms with E-state index < -0.39 is 0 Å². The maximum atomic E-state index is 5.76. The first-order chi connectivity index (χ1) is 11.1. The molecule has 1 N–H and O–H groups in total. The molecule has 3 aromatic rings. The molecule has 0 aliphatic rings. The molecule has 1 aromatic heterocycles. The zero-order valence-electron chi connectivity index (χ0n) is 13.7. The highest BCUT2D eigenvalue weighted by molar-refractivity contribution is 5.54. The maximum absolute atomic E-state index is 5.76. The lowest BCUT2D eigenvalue weighted by Crippen LogP contribution is -2.03. The second-order valence-electron chi connectivity index (χ2n) is 5.97. The van der Waals surface area contributed by atoms with Gasteiger partial charge in [-0.25, -0.2) is 0 Å². The average molecular weight is 307 g/mol. The van der Waals surface area contributed by atoms with Crippen molar-refractivity contribution in [3.63, 3.8) is 0 Å². The number of hydrogen-bond acceptors (Lipinski definition) is 4. The third-order valence-corrected chi connectivity index (χ3v) is 3.74. The van der Waals surface area contributed by atoms with Crippen molar-refractivity contribution in [3.05, 3.63) is 65.5 Å². The number of para-hydroxylation sites is 1. The monoisotopic (exact) mass is 307 g/mol. The minimum atomic E-state index is 0.462. The van der Waals surface area contributed by atoms with Crippen LogP contribution >= 0.6 is 0 Å². The van der Waals surface area contributed by atoms with Crippen molar-refractivity contribution < 1.29 is 4.42 Å². The highest BCUT2D eigenvalue weighted by atomic mass is 16.4. The number of benzene rings is 2. The summed E-state index contributed by atoms with van der Waals surface area (Å²) in [5, 5.41) is 11.7. The average Bonchev–Trinajstić information content (AvgIpc) is 3.02. The minimum absolute atomic E-state index is 0.462. The molecule has 0 aliphatic carbocycles. The van der Waals surface area contributed by atoms with Crippen molar-refractivity contribution in [1.82, 2.24) is 10.2 Å². The van der Waals surface area contributed by atoms with E-state index in [9.17, 15) is 0 Å². The van der Waals surface area contributed by atoms with E-state index in [4.69, 9.17) is 4.42 Å². The zero-order valence-corrected chi connectivity index (χ0v) is 13.7. The number of nitrogens with zero attached hydrogens (tertiary/aromatic N) is 2. The van der Waals surface area contributed by atoms with Crippen LogP contribution in [0.25, 0.3) is 11.5 Å². The highest BCUT2D eigenvalue weighted by Gasteiger charge is 2.10. The number of nitrogens with one attached hydrogen (secondary N) is 1. The molecule has 0 radical (unpaired) electrons. The van der Waals surface area contributed by atoms with Gasteiger partial charge in [-0.05, 0) is 36.6 Å². The predicted octanol–water partition coefficient (Wildman–Crippen LogP) is 4.78. The zero-order chi connectivity index (χ0) is 16.2. The van der Waals surface area contributed by atoms with E-state index in [-0.39, 0.29) is 0 Å². The third kappa shape index (κ3) is 3.59. The van der Waals surface area contributed by atoms with E-state index in [1.807, 2.05) is 37.3 Å². The Morgan fingerprint density at radius 1 is 1.04 bits per heavy atom. The first kappa shape index (κ1) is 15.3. The molecule has 0 bridgehead atoms. The molecule has 1 heterocycles. The van der Waals surface area contributed by atoms with E-state index in [2.05, 4.69) is 47.6 Å². The van der Waals surface area contributed by atoms with Gasteiger partial charge in [0, 0.05) is 11.3 Å². The van der Waals surface area contributed by atoms with Crippen molar-refractivity contribution in [2.75, 3.05) is 5.32 Å². The summed E-state index contributed by atoms with van der Waals surface area (Å²) in [7, 11) is 0. The quantitative estimate of drug-likeness (QED) is 0.737. The van der Waals surface area contributed by atoms with Gasteiger partial charge < -0.3 is 9.73 Å². The summed E-state index contributed by atoms with van der Waals surface area (Å²) in [6.07, 6.45) is 0. The Labute approximate surface area is 136 Å². The van der Waals surface area contributed by atoms with Crippen LogP contribution < -0.4 is 5.32 Å². The Bertz CT molecular complexity index is 793. The summed E-state index contributed by atoms with van der Waals surface area (Å²) in [6.45, 7) is 6.93. The van der Waals surface area contributed by atoms with Gasteiger partial charge >= 0.3 is 0 Å². The van der Waals surface area contributed by atoms with Crippen LogP contribution in [0.2, 0.25) is 0 Å². The van der Waals surface area contributed by atoms with Gasteiger partial charge in [0.2, 0.25) is 11.8 Å². The van der Waals surface area contributed by atoms with Crippen LogP contribution in [-0.2, 0) is 6.54 Å². The number of rotatable bonds is 5. The molecular weight excluding hydrogens is 286 g/mol. The van der Waals surface area contributed by atoms with Crippen molar-refractivity contribution in [2.24, 2.45) is 0 Å². The number of aromatic nitrogens is 2. The standard InChI is InChI=1S/C19H21N3O/c1-13(2)16-9-4-5-10-17(16)20-12-18-21-22-19(23-18)15-8-6-7-14(3)11-15/h4-11,13,20H,12H2,1-3H3. The van der Waals surface area contributed by atoms with E-state index >= 15 is 0 Å². The van der Waals surface area contributed by atoms with Crippen molar-refractivity contribution in [2.45, 2.75) is 33.2 Å². The summed E-state index contributed by atoms with van der Waals surface area (Å²) >= 11 is 0. The summed E-state index contributed by atoms with van der Waals surface area (Å²) in [5.74, 6) is 1.60. The number of aryl methyl sites for hydroxylation is 1. The summed E-state index contributed by atoms with van der Waals surface area (Å²) in [5.41, 5.74) is 4.52. The summed E-state index contributed by atoms with van der Waals surface area (Å²) in [6, 6.07) is 16.4. The van der Waals surface area contributed by atoms with Gasteiger partial charge in [-0.15, -0.1) is 10.2 Å². The fraction of sp³-hybridized carbons (Fsp3) is 0.263. The lowest BCUT2D eigenvalue weighted by Gasteiger charge is -2.13. The smallest absolute Gasteiger partial charge is 0.247 e. The van der Waals surface area contributed by atoms with Gasteiger partial charge in [0.1, 0.15) is 0 Å². The Morgan fingerprint density at radius 3 is 2.65 bits per heavy atom. The van der Waals surface area contributed by atoms with Crippen LogP contribution in [0.15, 0.2) is 52.9 Å². The van der Waals surface area contributed by atoms with Gasteiger partial charge in [0.25, 0.3) is 0 Å². The van der Waals surface area contributed by atoms with Crippen molar-refractivity contribution in [3.8, 4) is 11.5 Å². The molecule has 4 heteroatoms. The fourth-order valence-electron chi connectivity index (χ4n) is 2.55. The molecule has 2 aromatic carbocycles. The predicted molar refractivity (Wildman–Crippen MR) is 92.3 cm³/mol. The molecule has 0 amide bonds. The Hall–Kier alpha value is -2.62. The van der Waals surface area contributed by atoms with Gasteiger partial charge in [0.15, 0.2) is 0 Å². The Kier molecular flexibility index (Phi) is 4.42. The second kappa shape index (κ2) is 6.65. The van der Waals surface area contributed by atoms with E-state index in [1.165, 1.54) is 11.1 Å². The summed E-state index contributed by atoms with van der Waals surface area (Å²) in [4.78, 5) is 0.